The molecule has 0 aromatic carbocycles. The van der Waals surface area contributed by atoms with Crippen molar-refractivity contribution < 1.29 is 0 Å². The molecular formula is C14H24N4S. The van der Waals surface area contributed by atoms with Crippen LogP contribution in [0.3, 0.4) is 0 Å². The Kier molecular flexibility index (Phi) is 4.03. The van der Waals surface area contributed by atoms with Crippen LogP contribution >= 0.6 is 11.3 Å². The first-order valence-corrected chi connectivity index (χ1v) is 8.35. The van der Waals surface area contributed by atoms with Crippen molar-refractivity contribution in [2.45, 2.75) is 51.5 Å². The Balaban J connectivity index is 1.49. The lowest BCUT2D eigenvalue weighted by molar-refractivity contribution is 0.234. The summed E-state index contributed by atoms with van der Waals surface area (Å²) >= 11 is 1.75. The molecule has 0 radical (unpaired) electrons. The van der Waals surface area contributed by atoms with Crippen LogP contribution in [-0.2, 0) is 0 Å². The van der Waals surface area contributed by atoms with E-state index in [2.05, 4.69) is 34.3 Å². The number of nitrogens with one attached hydrogen (secondary N) is 1. The average molecular weight is 280 g/mol. The van der Waals surface area contributed by atoms with Crippen LogP contribution < -0.4 is 5.32 Å². The van der Waals surface area contributed by atoms with E-state index in [1.807, 2.05) is 0 Å². The lowest BCUT2D eigenvalue weighted by atomic mass is 10.1. The zero-order chi connectivity index (χ0) is 13.2. The van der Waals surface area contributed by atoms with Gasteiger partial charge in [-0.2, -0.15) is 0 Å². The minimum absolute atomic E-state index is 0.677. The van der Waals surface area contributed by atoms with Crippen LogP contribution in [0.2, 0.25) is 0 Å². The Labute approximate surface area is 119 Å². The maximum atomic E-state index is 4.28. The third kappa shape index (κ3) is 3.45. The van der Waals surface area contributed by atoms with Gasteiger partial charge in [-0.3, -0.25) is 4.90 Å². The first kappa shape index (κ1) is 13.3. The first-order valence-electron chi connectivity index (χ1n) is 7.53. The van der Waals surface area contributed by atoms with Gasteiger partial charge in [-0.25, -0.2) is 0 Å². The van der Waals surface area contributed by atoms with E-state index in [-0.39, 0.29) is 0 Å². The molecule has 5 heteroatoms. The van der Waals surface area contributed by atoms with Gasteiger partial charge in [0.05, 0.1) is 0 Å². The van der Waals surface area contributed by atoms with Crippen molar-refractivity contribution in [3.8, 4) is 0 Å². The summed E-state index contributed by atoms with van der Waals surface area (Å²) in [6.07, 6.45) is 5.26. The fourth-order valence-corrected chi connectivity index (χ4v) is 3.76. The normalized spacial score (nSPS) is 24.3. The minimum atomic E-state index is 0.677. The number of likely N-dealkylation sites (tertiary alicyclic amines) is 1. The molecule has 1 aliphatic heterocycles. The summed E-state index contributed by atoms with van der Waals surface area (Å²) < 4.78 is 0. The van der Waals surface area contributed by atoms with Crippen LogP contribution in [-0.4, -0.2) is 40.8 Å². The van der Waals surface area contributed by atoms with Crippen LogP contribution in [0, 0.1) is 5.92 Å². The molecule has 4 nitrogen and oxygen atoms in total. The van der Waals surface area contributed by atoms with Crippen LogP contribution in [0.25, 0.3) is 0 Å². The fourth-order valence-electron chi connectivity index (χ4n) is 2.84. The second-order valence-electron chi connectivity index (χ2n) is 6.29. The van der Waals surface area contributed by atoms with E-state index < -0.39 is 0 Å². The predicted octanol–water partition coefficient (Wildman–Crippen LogP) is 2.95. The van der Waals surface area contributed by atoms with Gasteiger partial charge in [0.2, 0.25) is 5.13 Å². The first-order chi connectivity index (χ1) is 9.22. The van der Waals surface area contributed by atoms with Gasteiger partial charge >= 0.3 is 0 Å². The Hall–Kier alpha value is -0.680. The van der Waals surface area contributed by atoms with Crippen LogP contribution in [0.1, 0.15) is 50.5 Å². The van der Waals surface area contributed by atoms with Crippen molar-refractivity contribution in [3.63, 3.8) is 0 Å². The molecule has 0 bridgehead atoms. The van der Waals surface area contributed by atoms with Gasteiger partial charge in [-0.1, -0.05) is 25.2 Å². The Bertz CT molecular complexity index is 413. The summed E-state index contributed by atoms with van der Waals surface area (Å²) in [7, 11) is 0. The molecule has 1 saturated heterocycles. The molecule has 0 spiro atoms. The largest absolute Gasteiger partial charge is 0.359 e. The van der Waals surface area contributed by atoms with Crippen LogP contribution in [0.5, 0.6) is 0 Å². The SMILES string of the molecule is CC(C)CN1CCC[C@@H]1CNc1nnc(C2CC2)s1. The van der Waals surface area contributed by atoms with E-state index in [9.17, 15) is 0 Å². The standard InChI is InChI=1S/C14H24N4S/c1-10(2)9-18-7-3-4-12(18)8-15-14-17-16-13(19-14)11-5-6-11/h10-12H,3-9H2,1-2H3,(H,15,17)/t12-/m1/s1. The molecule has 1 saturated carbocycles. The Morgan fingerprint density at radius 1 is 1.32 bits per heavy atom. The van der Waals surface area contributed by atoms with E-state index in [4.69, 9.17) is 0 Å². The maximum Gasteiger partial charge on any atom is 0.205 e. The molecule has 1 aromatic rings. The summed E-state index contributed by atoms with van der Waals surface area (Å²) in [5.74, 6) is 1.47. The maximum absolute atomic E-state index is 4.28. The zero-order valence-corrected chi connectivity index (χ0v) is 12.7. The molecule has 1 aliphatic carbocycles. The van der Waals surface area contributed by atoms with Crippen molar-refractivity contribution in [1.82, 2.24) is 15.1 Å². The summed E-state index contributed by atoms with van der Waals surface area (Å²) in [5, 5.41) is 14.3. The highest BCUT2D eigenvalue weighted by atomic mass is 32.1. The van der Waals surface area contributed by atoms with E-state index in [0.717, 1.165) is 23.5 Å². The number of hydrogen-bond donors (Lipinski definition) is 1. The van der Waals surface area contributed by atoms with Gasteiger partial charge in [0.1, 0.15) is 5.01 Å². The van der Waals surface area contributed by atoms with E-state index in [1.54, 1.807) is 11.3 Å². The second-order valence-corrected chi connectivity index (χ2v) is 7.29. The molecule has 0 unspecified atom stereocenters. The highest BCUT2D eigenvalue weighted by Gasteiger charge is 2.28. The lowest BCUT2D eigenvalue weighted by Gasteiger charge is -2.26. The van der Waals surface area contributed by atoms with Crippen molar-refractivity contribution in [3.05, 3.63) is 5.01 Å². The molecule has 3 rings (SSSR count). The molecule has 1 aromatic heterocycles. The molecule has 19 heavy (non-hydrogen) atoms. The number of rotatable bonds is 6. The summed E-state index contributed by atoms with van der Waals surface area (Å²) in [6, 6.07) is 0.677. The zero-order valence-electron chi connectivity index (χ0n) is 11.9. The number of aromatic nitrogens is 2. The summed E-state index contributed by atoms with van der Waals surface area (Å²) in [4.78, 5) is 2.63. The topological polar surface area (TPSA) is 41.0 Å². The average Bonchev–Trinajstić information content (AvgIpc) is 2.96. The fraction of sp³-hybridized carbons (Fsp3) is 0.857. The second kappa shape index (κ2) is 5.75. The van der Waals surface area contributed by atoms with E-state index in [1.165, 1.54) is 43.8 Å². The molecule has 2 aliphatic rings. The Morgan fingerprint density at radius 2 is 2.16 bits per heavy atom. The summed E-state index contributed by atoms with van der Waals surface area (Å²) in [5.41, 5.74) is 0. The van der Waals surface area contributed by atoms with Crippen molar-refractivity contribution in [1.29, 1.82) is 0 Å². The molecular weight excluding hydrogens is 256 g/mol. The monoisotopic (exact) mass is 280 g/mol. The quantitative estimate of drug-likeness (QED) is 0.870. The van der Waals surface area contributed by atoms with E-state index in [0.29, 0.717) is 6.04 Å². The minimum Gasteiger partial charge on any atom is -0.359 e. The van der Waals surface area contributed by atoms with Gasteiger partial charge in [-0.05, 0) is 38.1 Å². The summed E-state index contributed by atoms with van der Waals surface area (Å²) in [6.45, 7) is 8.10. The molecule has 0 amide bonds. The van der Waals surface area contributed by atoms with Crippen LogP contribution in [0.4, 0.5) is 5.13 Å². The molecule has 1 N–H and O–H groups in total. The van der Waals surface area contributed by atoms with Crippen molar-refractivity contribution in [2.24, 2.45) is 5.92 Å². The third-order valence-corrected chi connectivity index (χ3v) is 5.00. The van der Waals surface area contributed by atoms with Crippen molar-refractivity contribution in [2.75, 3.05) is 25.0 Å². The number of anilines is 1. The third-order valence-electron chi connectivity index (χ3n) is 3.95. The number of nitrogens with zero attached hydrogens (tertiary/aromatic N) is 3. The number of hydrogen-bond acceptors (Lipinski definition) is 5. The molecule has 2 heterocycles. The van der Waals surface area contributed by atoms with E-state index >= 15 is 0 Å². The van der Waals surface area contributed by atoms with Crippen molar-refractivity contribution >= 4 is 16.5 Å². The molecule has 2 fully saturated rings. The van der Waals surface area contributed by atoms with Crippen LogP contribution in [0.15, 0.2) is 0 Å². The van der Waals surface area contributed by atoms with Gasteiger partial charge in [0.15, 0.2) is 0 Å². The smallest absolute Gasteiger partial charge is 0.205 e. The van der Waals surface area contributed by atoms with Gasteiger partial charge in [0, 0.05) is 25.0 Å². The highest BCUT2D eigenvalue weighted by molar-refractivity contribution is 7.15. The van der Waals surface area contributed by atoms with Gasteiger partial charge in [0.25, 0.3) is 0 Å². The van der Waals surface area contributed by atoms with Gasteiger partial charge < -0.3 is 5.32 Å². The Morgan fingerprint density at radius 3 is 2.89 bits per heavy atom. The predicted molar refractivity (Wildman–Crippen MR) is 79.8 cm³/mol. The highest BCUT2D eigenvalue weighted by Crippen LogP contribution is 2.42. The molecule has 106 valence electrons. The van der Waals surface area contributed by atoms with Gasteiger partial charge in [-0.15, -0.1) is 10.2 Å². The lowest BCUT2D eigenvalue weighted by Crippen LogP contribution is -2.37. The molecule has 1 atom stereocenters.